The number of hydrogen-bond acceptors (Lipinski definition) is 3. The van der Waals surface area contributed by atoms with Gasteiger partial charge in [0, 0.05) is 30.9 Å². The van der Waals surface area contributed by atoms with Crippen molar-refractivity contribution in [3.63, 3.8) is 0 Å². The molecule has 3 rings (SSSR count). The Morgan fingerprint density at radius 3 is 2.32 bits per heavy atom. The molecule has 2 aromatic carbocycles. The molecule has 1 aliphatic rings. The Kier molecular flexibility index (Phi) is 6.53. The van der Waals surface area contributed by atoms with Gasteiger partial charge in [0.25, 0.3) is 0 Å². The van der Waals surface area contributed by atoms with E-state index in [-0.39, 0.29) is 6.42 Å². The molecule has 0 aromatic heterocycles. The van der Waals surface area contributed by atoms with E-state index in [4.69, 9.17) is 0 Å². The molecule has 0 aliphatic carbocycles. The van der Waals surface area contributed by atoms with Crippen LogP contribution in [0, 0.1) is 5.92 Å². The number of urea groups is 1. The van der Waals surface area contributed by atoms with Crippen molar-refractivity contribution in [3.05, 3.63) is 60.2 Å². The van der Waals surface area contributed by atoms with Gasteiger partial charge in [-0.1, -0.05) is 37.3 Å². The molecular weight excluding hydrogens is 354 g/mol. The van der Waals surface area contributed by atoms with Gasteiger partial charge in [-0.25, -0.2) is 9.59 Å². The summed E-state index contributed by atoms with van der Waals surface area (Å²) >= 11 is 0. The van der Waals surface area contributed by atoms with Gasteiger partial charge < -0.3 is 20.6 Å². The van der Waals surface area contributed by atoms with Gasteiger partial charge in [-0.05, 0) is 48.6 Å². The van der Waals surface area contributed by atoms with Crippen LogP contribution in [0.4, 0.5) is 16.2 Å². The predicted molar refractivity (Wildman–Crippen MR) is 111 cm³/mol. The molecule has 1 fully saturated rings. The van der Waals surface area contributed by atoms with E-state index in [1.54, 1.807) is 0 Å². The Hall–Kier alpha value is -3.02. The maximum absolute atomic E-state index is 12.2. The molecule has 1 heterocycles. The van der Waals surface area contributed by atoms with Crippen molar-refractivity contribution in [1.29, 1.82) is 0 Å². The zero-order valence-corrected chi connectivity index (χ0v) is 16.1. The molecule has 2 aromatic rings. The third-order valence-electron chi connectivity index (χ3n) is 5.16. The Morgan fingerprint density at radius 2 is 1.71 bits per heavy atom. The number of carbonyl (C=O) groups is 2. The fourth-order valence-electron chi connectivity index (χ4n) is 3.40. The number of carbonyl (C=O) groups excluding carboxylic acids is 1. The summed E-state index contributed by atoms with van der Waals surface area (Å²) in [7, 11) is 0. The van der Waals surface area contributed by atoms with E-state index in [9.17, 15) is 14.7 Å². The lowest BCUT2D eigenvalue weighted by atomic mass is 9.99. The molecule has 0 bridgehead atoms. The maximum atomic E-state index is 12.2. The number of aliphatic carboxylic acids is 1. The van der Waals surface area contributed by atoms with Crippen molar-refractivity contribution < 1.29 is 14.7 Å². The first-order valence-corrected chi connectivity index (χ1v) is 9.70. The van der Waals surface area contributed by atoms with Crippen LogP contribution in [0.5, 0.6) is 0 Å². The number of nitrogens with zero attached hydrogens (tertiary/aromatic N) is 1. The molecule has 28 heavy (non-hydrogen) atoms. The van der Waals surface area contributed by atoms with Gasteiger partial charge in [-0.2, -0.15) is 0 Å². The summed E-state index contributed by atoms with van der Waals surface area (Å²) in [5.74, 6) is -0.285. The second-order valence-electron chi connectivity index (χ2n) is 7.40. The smallest absolute Gasteiger partial charge is 0.326 e. The minimum Gasteiger partial charge on any atom is -0.480 e. The Labute approximate surface area is 165 Å². The third-order valence-corrected chi connectivity index (χ3v) is 5.16. The highest BCUT2D eigenvalue weighted by atomic mass is 16.4. The van der Waals surface area contributed by atoms with Crippen molar-refractivity contribution in [2.24, 2.45) is 5.92 Å². The Morgan fingerprint density at radius 1 is 1.07 bits per heavy atom. The van der Waals surface area contributed by atoms with Crippen molar-refractivity contribution in [2.75, 3.05) is 23.3 Å². The van der Waals surface area contributed by atoms with Crippen LogP contribution in [-0.4, -0.2) is 36.2 Å². The topological polar surface area (TPSA) is 81.7 Å². The van der Waals surface area contributed by atoms with Crippen LogP contribution >= 0.6 is 0 Å². The van der Waals surface area contributed by atoms with Crippen LogP contribution in [0.25, 0.3) is 0 Å². The van der Waals surface area contributed by atoms with Crippen LogP contribution in [0.15, 0.2) is 54.6 Å². The first kappa shape index (κ1) is 19.7. The minimum atomic E-state index is -1.06. The van der Waals surface area contributed by atoms with Crippen LogP contribution in [-0.2, 0) is 11.2 Å². The van der Waals surface area contributed by atoms with Crippen LogP contribution < -0.4 is 15.5 Å². The second-order valence-corrected chi connectivity index (χ2v) is 7.40. The van der Waals surface area contributed by atoms with Gasteiger partial charge in [0.2, 0.25) is 0 Å². The molecular formula is C22H27N3O3. The Balaban J connectivity index is 1.55. The second kappa shape index (κ2) is 9.26. The minimum absolute atomic E-state index is 0.232. The summed E-state index contributed by atoms with van der Waals surface area (Å²) in [5.41, 5.74) is 2.64. The molecule has 0 radical (unpaired) electrons. The summed E-state index contributed by atoms with van der Waals surface area (Å²) in [4.78, 5) is 26.1. The third kappa shape index (κ3) is 5.49. The first-order chi connectivity index (χ1) is 13.5. The number of amides is 2. The predicted octanol–water partition coefficient (Wildman–Crippen LogP) is 3.74. The number of rotatable bonds is 6. The molecule has 6 nitrogen and oxygen atoms in total. The van der Waals surface area contributed by atoms with Crippen LogP contribution in [0.3, 0.4) is 0 Å². The fraction of sp³-hybridized carbons (Fsp3) is 0.364. The molecule has 1 saturated heterocycles. The van der Waals surface area contributed by atoms with Gasteiger partial charge >= 0.3 is 12.0 Å². The molecule has 1 unspecified atom stereocenters. The van der Waals surface area contributed by atoms with E-state index in [2.05, 4.69) is 22.5 Å². The monoisotopic (exact) mass is 381 g/mol. The summed E-state index contributed by atoms with van der Waals surface area (Å²) in [5, 5.41) is 14.7. The molecule has 1 aliphatic heterocycles. The van der Waals surface area contributed by atoms with Crippen molar-refractivity contribution in [2.45, 2.75) is 32.2 Å². The number of carboxylic acid groups (broad SMARTS) is 1. The number of anilines is 2. The van der Waals surface area contributed by atoms with E-state index in [0.717, 1.165) is 30.3 Å². The molecule has 148 valence electrons. The molecule has 1 atom stereocenters. The maximum Gasteiger partial charge on any atom is 0.326 e. The summed E-state index contributed by atoms with van der Waals surface area (Å²) in [6.45, 7) is 4.38. The van der Waals surface area contributed by atoms with Crippen molar-refractivity contribution in [3.8, 4) is 0 Å². The normalized spacial score (nSPS) is 15.7. The van der Waals surface area contributed by atoms with Crippen molar-refractivity contribution in [1.82, 2.24) is 5.32 Å². The average Bonchev–Trinajstić information content (AvgIpc) is 2.69. The number of carboxylic acids is 1. The lowest BCUT2D eigenvalue weighted by Gasteiger charge is -2.32. The molecule has 2 amide bonds. The summed E-state index contributed by atoms with van der Waals surface area (Å²) in [6, 6.07) is 15.4. The van der Waals surface area contributed by atoms with Gasteiger partial charge in [-0.3, -0.25) is 0 Å². The quantitative estimate of drug-likeness (QED) is 0.712. The van der Waals surface area contributed by atoms with Gasteiger partial charge in [0.05, 0.1) is 0 Å². The van der Waals surface area contributed by atoms with E-state index in [1.165, 1.54) is 12.8 Å². The molecule has 3 N–H and O–H groups in total. The molecule has 0 spiro atoms. The van der Waals surface area contributed by atoms with E-state index < -0.39 is 18.0 Å². The standard InChI is InChI=1S/C22H27N3O3/c1-16-11-13-25(14-12-16)19-9-7-18(8-10-19)23-22(28)24-20(21(26)27)15-17-5-3-2-4-6-17/h2-10,16,20H,11-15H2,1H3,(H,26,27)(H2,23,24,28). The fourth-order valence-corrected chi connectivity index (χ4v) is 3.40. The first-order valence-electron chi connectivity index (χ1n) is 9.70. The summed E-state index contributed by atoms with van der Waals surface area (Å²) in [6.07, 6.45) is 2.62. The highest BCUT2D eigenvalue weighted by Crippen LogP contribution is 2.24. The van der Waals surface area contributed by atoms with E-state index in [0.29, 0.717) is 5.69 Å². The highest BCUT2D eigenvalue weighted by molar-refractivity contribution is 5.92. The lowest BCUT2D eigenvalue weighted by Crippen LogP contribution is -2.44. The van der Waals surface area contributed by atoms with Crippen LogP contribution in [0.1, 0.15) is 25.3 Å². The Bertz CT molecular complexity index is 784. The number of hydrogen-bond donors (Lipinski definition) is 3. The number of benzene rings is 2. The van der Waals surface area contributed by atoms with Gasteiger partial charge in [0.1, 0.15) is 6.04 Å². The highest BCUT2D eigenvalue weighted by Gasteiger charge is 2.20. The van der Waals surface area contributed by atoms with Gasteiger partial charge in [-0.15, -0.1) is 0 Å². The zero-order valence-electron chi connectivity index (χ0n) is 16.1. The number of piperidine rings is 1. The SMILES string of the molecule is CC1CCN(c2ccc(NC(=O)NC(Cc3ccccc3)C(=O)O)cc2)CC1. The van der Waals surface area contributed by atoms with Crippen LogP contribution in [0.2, 0.25) is 0 Å². The van der Waals surface area contributed by atoms with Crippen molar-refractivity contribution >= 4 is 23.4 Å². The lowest BCUT2D eigenvalue weighted by molar-refractivity contribution is -0.139. The molecule has 6 heteroatoms. The molecule has 0 saturated carbocycles. The van der Waals surface area contributed by atoms with E-state index in [1.807, 2.05) is 54.6 Å². The zero-order chi connectivity index (χ0) is 19.9. The summed E-state index contributed by atoms with van der Waals surface area (Å²) < 4.78 is 0. The average molecular weight is 381 g/mol. The van der Waals surface area contributed by atoms with E-state index >= 15 is 0 Å². The largest absolute Gasteiger partial charge is 0.480 e. The van der Waals surface area contributed by atoms with Gasteiger partial charge in [0.15, 0.2) is 0 Å². The number of nitrogens with one attached hydrogen (secondary N) is 2.